The Bertz CT molecular complexity index is 436. The zero-order chi connectivity index (χ0) is 14.0. The summed E-state index contributed by atoms with van der Waals surface area (Å²) >= 11 is 1.13. The largest absolute Gasteiger partial charge is 0.476 e. The molecule has 1 aromatic rings. The molecule has 0 saturated heterocycles. The normalized spacial score (nSPS) is 12.6. The van der Waals surface area contributed by atoms with Crippen molar-refractivity contribution < 1.29 is 14.7 Å². The molecule has 1 rings (SSSR count). The van der Waals surface area contributed by atoms with Crippen LogP contribution in [0.5, 0.6) is 0 Å². The monoisotopic (exact) mass is 270 g/mol. The summed E-state index contributed by atoms with van der Waals surface area (Å²) in [4.78, 5) is 28.6. The Balaban J connectivity index is 3.16. The Hall–Kier alpha value is -1.43. The summed E-state index contributed by atoms with van der Waals surface area (Å²) in [7, 11) is 1.86. The maximum absolute atomic E-state index is 11.4. The van der Waals surface area contributed by atoms with E-state index in [4.69, 9.17) is 5.11 Å². The lowest BCUT2D eigenvalue weighted by atomic mass is 10.1. The number of aromatic nitrogens is 1. The number of hydrogen-bond acceptors (Lipinski definition) is 5. The second kappa shape index (κ2) is 5.48. The van der Waals surface area contributed by atoms with Crippen LogP contribution < -0.4 is 4.90 Å². The maximum Gasteiger partial charge on any atom is 0.356 e. The predicted molar refractivity (Wildman–Crippen MR) is 71.8 cm³/mol. The fourth-order valence-electron chi connectivity index (χ4n) is 1.46. The van der Waals surface area contributed by atoms with Crippen LogP contribution in [0.2, 0.25) is 0 Å². The predicted octanol–water partition coefficient (Wildman–Crippen LogP) is 2.52. The number of carbonyl (C=O) groups is 2. The Morgan fingerprint density at radius 1 is 1.33 bits per heavy atom. The molecule has 0 saturated carbocycles. The van der Waals surface area contributed by atoms with E-state index in [1.165, 1.54) is 6.92 Å². The fraction of sp³-hybridized carbons (Fsp3) is 0.583. The third-order valence-corrected chi connectivity index (χ3v) is 4.26. The standard InChI is InChI=1S/C12H18N2O3S/c1-6(2)7(3)14(5)12-13-9(11(16)17)10(18-12)8(4)15/h6-7H,1-5H3,(H,16,17). The van der Waals surface area contributed by atoms with Crippen LogP contribution in [0.3, 0.4) is 0 Å². The minimum absolute atomic E-state index is 0.148. The van der Waals surface area contributed by atoms with Gasteiger partial charge in [-0.3, -0.25) is 4.79 Å². The van der Waals surface area contributed by atoms with Gasteiger partial charge in [-0.25, -0.2) is 9.78 Å². The molecule has 0 radical (unpaired) electrons. The SMILES string of the molecule is CC(=O)c1sc(N(C)C(C)C(C)C)nc1C(=O)O. The second-order valence-electron chi connectivity index (χ2n) is 4.63. The number of thiazole rings is 1. The lowest BCUT2D eigenvalue weighted by Gasteiger charge is -2.27. The molecule has 100 valence electrons. The van der Waals surface area contributed by atoms with Crippen molar-refractivity contribution in [3.8, 4) is 0 Å². The molecule has 0 bridgehead atoms. The highest BCUT2D eigenvalue weighted by atomic mass is 32.1. The van der Waals surface area contributed by atoms with Crippen LogP contribution in [0.15, 0.2) is 0 Å². The van der Waals surface area contributed by atoms with Gasteiger partial charge in [0.15, 0.2) is 16.6 Å². The number of carboxylic acids is 1. The van der Waals surface area contributed by atoms with Gasteiger partial charge in [0.1, 0.15) is 4.88 Å². The lowest BCUT2D eigenvalue weighted by Crippen LogP contribution is -2.33. The molecule has 0 fully saturated rings. The van der Waals surface area contributed by atoms with Crippen molar-refractivity contribution in [3.63, 3.8) is 0 Å². The van der Waals surface area contributed by atoms with Crippen molar-refractivity contribution in [1.82, 2.24) is 4.98 Å². The van der Waals surface area contributed by atoms with E-state index in [2.05, 4.69) is 18.8 Å². The van der Waals surface area contributed by atoms with Crippen molar-refractivity contribution >= 4 is 28.2 Å². The van der Waals surface area contributed by atoms with E-state index in [0.29, 0.717) is 11.0 Å². The summed E-state index contributed by atoms with van der Waals surface area (Å²) in [5.74, 6) is -1.01. The molecule has 1 heterocycles. The summed E-state index contributed by atoms with van der Waals surface area (Å²) in [5.41, 5.74) is -0.148. The Morgan fingerprint density at radius 2 is 1.89 bits per heavy atom. The van der Waals surface area contributed by atoms with Crippen LogP contribution in [-0.2, 0) is 0 Å². The summed E-state index contributed by atoms with van der Waals surface area (Å²) in [6.07, 6.45) is 0. The molecule has 1 aromatic heterocycles. The van der Waals surface area contributed by atoms with E-state index in [1.54, 1.807) is 0 Å². The molecule has 1 N–H and O–H groups in total. The molecule has 5 nitrogen and oxygen atoms in total. The van der Waals surface area contributed by atoms with E-state index in [-0.39, 0.29) is 22.4 Å². The van der Waals surface area contributed by atoms with Crippen LogP contribution in [0.25, 0.3) is 0 Å². The summed E-state index contributed by atoms with van der Waals surface area (Å²) in [6.45, 7) is 7.56. The molecule has 6 heteroatoms. The van der Waals surface area contributed by atoms with Gasteiger partial charge in [-0.2, -0.15) is 0 Å². The second-order valence-corrected chi connectivity index (χ2v) is 5.61. The average molecular weight is 270 g/mol. The number of carbonyl (C=O) groups excluding carboxylic acids is 1. The topological polar surface area (TPSA) is 70.5 Å². The number of aromatic carboxylic acids is 1. The Kier molecular flexibility index (Phi) is 4.45. The minimum atomic E-state index is -1.16. The molecular formula is C12H18N2O3S. The van der Waals surface area contributed by atoms with Gasteiger partial charge in [0, 0.05) is 20.0 Å². The number of nitrogens with zero attached hydrogens (tertiary/aromatic N) is 2. The molecule has 1 atom stereocenters. The molecule has 0 amide bonds. The van der Waals surface area contributed by atoms with Crippen LogP contribution in [0.1, 0.15) is 47.9 Å². The first-order chi connectivity index (χ1) is 8.25. The highest BCUT2D eigenvalue weighted by molar-refractivity contribution is 7.17. The van der Waals surface area contributed by atoms with Crippen LogP contribution in [0, 0.1) is 5.92 Å². The summed E-state index contributed by atoms with van der Waals surface area (Å²) in [5, 5.41) is 9.60. The number of ketones is 1. The summed E-state index contributed by atoms with van der Waals surface area (Å²) in [6, 6.07) is 0.220. The zero-order valence-corrected chi connectivity index (χ0v) is 12.0. The molecule has 0 spiro atoms. The van der Waals surface area contributed by atoms with Gasteiger partial charge in [-0.1, -0.05) is 25.2 Å². The molecule has 0 aromatic carbocycles. The number of hydrogen-bond donors (Lipinski definition) is 1. The minimum Gasteiger partial charge on any atom is -0.476 e. The van der Waals surface area contributed by atoms with Crippen molar-refractivity contribution in [2.45, 2.75) is 33.7 Å². The Morgan fingerprint density at radius 3 is 2.22 bits per heavy atom. The zero-order valence-electron chi connectivity index (χ0n) is 11.2. The van der Waals surface area contributed by atoms with Crippen LogP contribution in [-0.4, -0.2) is 34.9 Å². The quantitative estimate of drug-likeness (QED) is 0.832. The van der Waals surface area contributed by atoms with Gasteiger partial charge in [-0.15, -0.1) is 0 Å². The smallest absolute Gasteiger partial charge is 0.356 e. The number of rotatable bonds is 5. The first kappa shape index (κ1) is 14.6. The van der Waals surface area contributed by atoms with Crippen molar-refractivity contribution in [2.75, 3.05) is 11.9 Å². The van der Waals surface area contributed by atoms with Gasteiger partial charge in [0.05, 0.1) is 0 Å². The van der Waals surface area contributed by atoms with Gasteiger partial charge >= 0.3 is 5.97 Å². The van der Waals surface area contributed by atoms with E-state index in [1.807, 2.05) is 18.9 Å². The van der Waals surface area contributed by atoms with Gasteiger partial charge < -0.3 is 10.0 Å². The van der Waals surface area contributed by atoms with Gasteiger partial charge in [0.2, 0.25) is 0 Å². The van der Waals surface area contributed by atoms with Gasteiger partial charge in [-0.05, 0) is 12.8 Å². The molecule has 0 aliphatic carbocycles. The Labute approximate surface area is 110 Å². The van der Waals surface area contributed by atoms with Gasteiger partial charge in [0.25, 0.3) is 0 Å². The van der Waals surface area contributed by atoms with E-state index in [0.717, 1.165) is 11.3 Å². The highest BCUT2D eigenvalue weighted by Gasteiger charge is 2.24. The van der Waals surface area contributed by atoms with Crippen LogP contribution in [0.4, 0.5) is 5.13 Å². The number of carboxylic acid groups (broad SMARTS) is 1. The average Bonchev–Trinajstić information content (AvgIpc) is 2.71. The number of anilines is 1. The fourth-order valence-corrected chi connectivity index (χ4v) is 2.47. The first-order valence-corrected chi connectivity index (χ1v) is 6.55. The van der Waals surface area contributed by atoms with Crippen molar-refractivity contribution in [3.05, 3.63) is 10.6 Å². The van der Waals surface area contributed by atoms with E-state index in [9.17, 15) is 9.59 Å². The summed E-state index contributed by atoms with van der Waals surface area (Å²) < 4.78 is 0. The lowest BCUT2D eigenvalue weighted by molar-refractivity contribution is 0.0687. The molecule has 18 heavy (non-hydrogen) atoms. The first-order valence-electron chi connectivity index (χ1n) is 5.73. The van der Waals surface area contributed by atoms with Crippen LogP contribution >= 0.6 is 11.3 Å². The molecule has 0 aliphatic rings. The highest BCUT2D eigenvalue weighted by Crippen LogP contribution is 2.28. The third-order valence-electron chi connectivity index (χ3n) is 3.02. The molecule has 1 unspecified atom stereocenters. The molecule has 0 aliphatic heterocycles. The van der Waals surface area contributed by atoms with Crippen molar-refractivity contribution in [1.29, 1.82) is 0 Å². The number of Topliss-reactive ketones (excluding diaryl/α,β-unsaturated/α-hetero) is 1. The molecular weight excluding hydrogens is 252 g/mol. The van der Waals surface area contributed by atoms with Crippen molar-refractivity contribution in [2.24, 2.45) is 5.92 Å². The van der Waals surface area contributed by atoms with E-state index < -0.39 is 5.97 Å². The maximum atomic E-state index is 11.4. The third kappa shape index (κ3) is 2.87. The van der Waals surface area contributed by atoms with E-state index >= 15 is 0 Å².